The van der Waals surface area contributed by atoms with Gasteiger partial charge in [-0.1, -0.05) is 11.6 Å². The number of amides is 1. The lowest BCUT2D eigenvalue weighted by molar-refractivity contribution is -0.153. The van der Waals surface area contributed by atoms with Crippen molar-refractivity contribution in [3.63, 3.8) is 0 Å². The average molecular weight is 381 g/mol. The molecule has 1 aliphatic rings. The van der Waals surface area contributed by atoms with Gasteiger partial charge in [-0.3, -0.25) is 4.79 Å². The third-order valence-corrected chi connectivity index (χ3v) is 5.69. The molecule has 2 aromatic rings. The number of ether oxygens (including phenoxy) is 1. The van der Waals surface area contributed by atoms with Crippen molar-refractivity contribution in [1.82, 2.24) is 10.3 Å². The molecule has 1 fully saturated rings. The maximum absolute atomic E-state index is 12.6. The van der Waals surface area contributed by atoms with Crippen molar-refractivity contribution < 1.29 is 14.3 Å². The molecule has 0 spiro atoms. The maximum atomic E-state index is 12.6. The molecule has 5 nitrogen and oxygen atoms in total. The van der Waals surface area contributed by atoms with E-state index in [1.165, 1.54) is 0 Å². The van der Waals surface area contributed by atoms with E-state index in [2.05, 4.69) is 10.3 Å². The fraction of sp³-hybridized carbons (Fsp3) is 0.444. The molecule has 1 saturated heterocycles. The molecule has 3 rings (SSSR count). The van der Waals surface area contributed by atoms with Gasteiger partial charge in [0, 0.05) is 22.1 Å². The Kier molecular flexibility index (Phi) is 5.59. The number of hydrogen-bond donors (Lipinski definition) is 2. The number of hydrogen-bond acceptors (Lipinski definition) is 4. The highest BCUT2D eigenvalue weighted by Crippen LogP contribution is 2.29. The molecular formula is C18H21ClN2O3S. The number of esters is 1. The number of aromatic amines is 1. The summed E-state index contributed by atoms with van der Waals surface area (Å²) in [4.78, 5) is 28.2. The van der Waals surface area contributed by atoms with E-state index in [1.807, 2.05) is 18.3 Å². The Labute approximate surface area is 155 Å². The average Bonchev–Trinajstić information content (AvgIpc) is 2.98. The number of H-pyrrole nitrogens is 1. The van der Waals surface area contributed by atoms with Crippen LogP contribution in [0.25, 0.3) is 10.9 Å². The molecule has 2 heterocycles. The van der Waals surface area contributed by atoms with Crippen LogP contribution in [-0.4, -0.2) is 40.5 Å². The Balaban J connectivity index is 1.77. The van der Waals surface area contributed by atoms with E-state index < -0.39 is 5.54 Å². The van der Waals surface area contributed by atoms with Crippen LogP contribution in [-0.2, 0) is 20.7 Å². The normalized spacial score (nSPS) is 16.6. The van der Waals surface area contributed by atoms with Crippen LogP contribution in [0.5, 0.6) is 0 Å². The Hall–Kier alpha value is -1.66. The van der Waals surface area contributed by atoms with E-state index >= 15 is 0 Å². The molecule has 0 atom stereocenters. The van der Waals surface area contributed by atoms with Gasteiger partial charge >= 0.3 is 5.97 Å². The standard InChI is InChI=1S/C18H21ClN2O3S/c1-2-24-17(23)18(5-7-25-8-6-18)21-16(22)9-12-11-20-15-4-3-13(19)10-14(12)15/h3-4,10-11,20H,2,5-9H2,1H3,(H,21,22). The van der Waals surface area contributed by atoms with Crippen LogP contribution in [0, 0.1) is 0 Å². The predicted octanol–water partition coefficient (Wildman–Crippen LogP) is 3.31. The highest BCUT2D eigenvalue weighted by Gasteiger charge is 2.42. The van der Waals surface area contributed by atoms with E-state index in [0.717, 1.165) is 28.0 Å². The number of halogens is 1. The second-order valence-corrected chi connectivity index (χ2v) is 7.80. The van der Waals surface area contributed by atoms with Gasteiger partial charge in [0.1, 0.15) is 5.54 Å². The zero-order valence-electron chi connectivity index (χ0n) is 14.1. The summed E-state index contributed by atoms with van der Waals surface area (Å²) in [5.74, 6) is 1.16. The minimum atomic E-state index is -0.901. The van der Waals surface area contributed by atoms with Gasteiger partial charge in [-0.15, -0.1) is 0 Å². The van der Waals surface area contributed by atoms with Gasteiger partial charge in [0.2, 0.25) is 5.91 Å². The largest absolute Gasteiger partial charge is 0.464 e. The van der Waals surface area contributed by atoms with Crippen molar-refractivity contribution in [2.24, 2.45) is 0 Å². The molecular weight excluding hydrogens is 360 g/mol. The summed E-state index contributed by atoms with van der Waals surface area (Å²) in [6.45, 7) is 2.09. The van der Waals surface area contributed by atoms with E-state index in [9.17, 15) is 9.59 Å². The fourth-order valence-electron chi connectivity index (χ4n) is 3.15. The first-order valence-corrected chi connectivity index (χ1v) is 9.89. The predicted molar refractivity (Wildman–Crippen MR) is 101 cm³/mol. The smallest absolute Gasteiger partial charge is 0.331 e. The maximum Gasteiger partial charge on any atom is 0.331 e. The van der Waals surface area contributed by atoms with Gasteiger partial charge in [0.05, 0.1) is 13.0 Å². The fourth-order valence-corrected chi connectivity index (χ4v) is 4.51. The van der Waals surface area contributed by atoms with Crippen molar-refractivity contribution in [2.75, 3.05) is 18.1 Å². The van der Waals surface area contributed by atoms with Crippen molar-refractivity contribution in [1.29, 1.82) is 0 Å². The molecule has 134 valence electrons. The number of thioether (sulfide) groups is 1. The summed E-state index contributed by atoms with van der Waals surface area (Å²) >= 11 is 7.85. The van der Waals surface area contributed by atoms with Crippen LogP contribution in [0.4, 0.5) is 0 Å². The monoisotopic (exact) mass is 380 g/mol. The zero-order chi connectivity index (χ0) is 17.9. The van der Waals surface area contributed by atoms with E-state index in [-0.39, 0.29) is 18.3 Å². The number of fused-ring (bicyclic) bond motifs is 1. The van der Waals surface area contributed by atoms with Crippen LogP contribution in [0.15, 0.2) is 24.4 Å². The molecule has 0 unspecified atom stereocenters. The molecule has 1 aromatic heterocycles. The second kappa shape index (κ2) is 7.70. The Morgan fingerprint density at radius 3 is 2.84 bits per heavy atom. The summed E-state index contributed by atoms with van der Waals surface area (Å²) < 4.78 is 5.22. The molecule has 0 bridgehead atoms. The molecule has 0 aliphatic carbocycles. The number of rotatable bonds is 5. The molecule has 25 heavy (non-hydrogen) atoms. The highest BCUT2D eigenvalue weighted by atomic mass is 35.5. The van der Waals surface area contributed by atoms with Gasteiger partial charge < -0.3 is 15.0 Å². The van der Waals surface area contributed by atoms with Gasteiger partial charge in [-0.2, -0.15) is 11.8 Å². The first-order chi connectivity index (χ1) is 12.0. The lowest BCUT2D eigenvalue weighted by Crippen LogP contribution is -2.57. The van der Waals surface area contributed by atoms with Gasteiger partial charge in [0.25, 0.3) is 0 Å². The van der Waals surface area contributed by atoms with Gasteiger partial charge in [-0.25, -0.2) is 4.79 Å². The van der Waals surface area contributed by atoms with Crippen LogP contribution < -0.4 is 5.32 Å². The van der Waals surface area contributed by atoms with Crippen LogP contribution >= 0.6 is 23.4 Å². The summed E-state index contributed by atoms with van der Waals surface area (Å²) in [5, 5.41) is 4.51. The number of carbonyl (C=O) groups is 2. The van der Waals surface area contributed by atoms with Gasteiger partial charge in [-0.05, 0) is 55.0 Å². The van der Waals surface area contributed by atoms with Crippen molar-refractivity contribution in [3.8, 4) is 0 Å². The summed E-state index contributed by atoms with van der Waals surface area (Å²) in [5.41, 5.74) is 0.891. The zero-order valence-corrected chi connectivity index (χ0v) is 15.6. The number of benzene rings is 1. The van der Waals surface area contributed by atoms with E-state index in [1.54, 1.807) is 24.8 Å². The van der Waals surface area contributed by atoms with Gasteiger partial charge in [0.15, 0.2) is 0 Å². The molecule has 1 aliphatic heterocycles. The third-order valence-electron chi connectivity index (χ3n) is 4.47. The number of carbonyl (C=O) groups excluding carboxylic acids is 2. The minimum Gasteiger partial charge on any atom is -0.464 e. The summed E-state index contributed by atoms with van der Waals surface area (Å²) in [6.07, 6.45) is 3.20. The highest BCUT2D eigenvalue weighted by molar-refractivity contribution is 7.99. The minimum absolute atomic E-state index is 0.180. The first kappa shape index (κ1) is 18.1. The first-order valence-electron chi connectivity index (χ1n) is 8.35. The van der Waals surface area contributed by atoms with Crippen molar-refractivity contribution in [3.05, 3.63) is 35.0 Å². The lowest BCUT2D eigenvalue weighted by atomic mass is 9.91. The molecule has 2 N–H and O–H groups in total. The SMILES string of the molecule is CCOC(=O)C1(NC(=O)Cc2c[nH]c3ccc(Cl)cc23)CCSCC1. The summed E-state index contributed by atoms with van der Waals surface area (Å²) in [7, 11) is 0. The van der Waals surface area contributed by atoms with E-state index in [4.69, 9.17) is 16.3 Å². The summed E-state index contributed by atoms with van der Waals surface area (Å²) in [6, 6.07) is 5.53. The Morgan fingerprint density at radius 2 is 2.12 bits per heavy atom. The van der Waals surface area contributed by atoms with Crippen LogP contribution in [0.1, 0.15) is 25.3 Å². The van der Waals surface area contributed by atoms with Crippen molar-refractivity contribution in [2.45, 2.75) is 31.7 Å². The van der Waals surface area contributed by atoms with E-state index in [0.29, 0.717) is 24.5 Å². The molecule has 1 aromatic carbocycles. The molecule has 7 heteroatoms. The third kappa shape index (κ3) is 3.96. The quantitative estimate of drug-likeness (QED) is 0.780. The number of aromatic nitrogens is 1. The molecule has 0 radical (unpaired) electrons. The lowest BCUT2D eigenvalue weighted by Gasteiger charge is -2.35. The van der Waals surface area contributed by atoms with Crippen LogP contribution in [0.3, 0.4) is 0 Å². The Morgan fingerprint density at radius 1 is 1.36 bits per heavy atom. The Bertz CT molecular complexity index is 784. The van der Waals surface area contributed by atoms with Crippen molar-refractivity contribution >= 4 is 46.1 Å². The van der Waals surface area contributed by atoms with Crippen LogP contribution in [0.2, 0.25) is 5.02 Å². The second-order valence-electron chi connectivity index (χ2n) is 6.14. The topological polar surface area (TPSA) is 71.2 Å². The molecule has 1 amide bonds. The number of nitrogens with one attached hydrogen (secondary N) is 2. The molecule has 0 saturated carbocycles.